The summed E-state index contributed by atoms with van der Waals surface area (Å²) in [6.45, 7) is 2.74. The zero-order valence-electron chi connectivity index (χ0n) is 10.7. The molecule has 0 saturated carbocycles. The average molecular weight is 263 g/mol. The van der Waals surface area contributed by atoms with E-state index in [-0.39, 0.29) is 5.91 Å². The SMILES string of the molecule is O=CCCOc1cccc(C(=O)N2CCOCC2)c1. The predicted octanol–water partition coefficient (Wildman–Crippen LogP) is 1.13. The zero-order chi connectivity index (χ0) is 13.5. The lowest BCUT2D eigenvalue weighted by molar-refractivity contribution is -0.108. The highest BCUT2D eigenvalue weighted by atomic mass is 16.5. The molecule has 5 heteroatoms. The molecule has 19 heavy (non-hydrogen) atoms. The van der Waals surface area contributed by atoms with Crippen molar-refractivity contribution in [1.29, 1.82) is 0 Å². The van der Waals surface area contributed by atoms with Crippen molar-refractivity contribution in [1.82, 2.24) is 4.90 Å². The Morgan fingerprint density at radius 3 is 2.89 bits per heavy atom. The van der Waals surface area contributed by atoms with Gasteiger partial charge in [-0.1, -0.05) is 6.07 Å². The van der Waals surface area contributed by atoms with Gasteiger partial charge in [0.1, 0.15) is 12.0 Å². The molecule has 0 atom stereocenters. The Balaban J connectivity index is 2.00. The first-order valence-corrected chi connectivity index (χ1v) is 6.35. The fourth-order valence-corrected chi connectivity index (χ4v) is 1.89. The summed E-state index contributed by atoms with van der Waals surface area (Å²) < 4.78 is 10.6. The molecular weight excluding hydrogens is 246 g/mol. The minimum absolute atomic E-state index is 0.0101. The standard InChI is InChI=1S/C14H17NO4/c16-7-2-8-19-13-4-1-3-12(11-13)14(17)15-5-9-18-10-6-15/h1,3-4,7,11H,2,5-6,8-10H2. The maximum absolute atomic E-state index is 12.2. The van der Waals surface area contributed by atoms with Crippen LogP contribution in [0.15, 0.2) is 24.3 Å². The monoisotopic (exact) mass is 263 g/mol. The van der Waals surface area contributed by atoms with Crippen LogP contribution in [-0.2, 0) is 9.53 Å². The topological polar surface area (TPSA) is 55.8 Å². The van der Waals surface area contributed by atoms with Crippen molar-refractivity contribution in [3.8, 4) is 5.75 Å². The first-order valence-electron chi connectivity index (χ1n) is 6.35. The maximum atomic E-state index is 12.2. The Morgan fingerprint density at radius 2 is 2.16 bits per heavy atom. The molecule has 5 nitrogen and oxygen atoms in total. The minimum Gasteiger partial charge on any atom is -0.493 e. The Kier molecular flexibility index (Phi) is 4.92. The number of ether oxygens (including phenoxy) is 2. The molecular formula is C14H17NO4. The Hall–Kier alpha value is -1.88. The summed E-state index contributed by atoms with van der Waals surface area (Å²) in [5.41, 5.74) is 0.602. The molecule has 1 fully saturated rings. The number of hydrogen-bond acceptors (Lipinski definition) is 4. The molecule has 0 N–H and O–H groups in total. The van der Waals surface area contributed by atoms with Crippen molar-refractivity contribution in [3.63, 3.8) is 0 Å². The lowest BCUT2D eigenvalue weighted by Crippen LogP contribution is -2.40. The van der Waals surface area contributed by atoms with E-state index in [4.69, 9.17) is 9.47 Å². The Labute approximate surface area is 112 Å². The highest BCUT2D eigenvalue weighted by Gasteiger charge is 2.18. The molecule has 1 aliphatic heterocycles. The quantitative estimate of drug-likeness (QED) is 0.590. The van der Waals surface area contributed by atoms with Crippen molar-refractivity contribution < 1.29 is 19.1 Å². The van der Waals surface area contributed by atoms with Crippen LogP contribution in [0.1, 0.15) is 16.8 Å². The largest absolute Gasteiger partial charge is 0.493 e. The maximum Gasteiger partial charge on any atom is 0.254 e. The molecule has 1 aromatic rings. The van der Waals surface area contributed by atoms with Gasteiger partial charge in [0, 0.05) is 25.1 Å². The van der Waals surface area contributed by atoms with E-state index in [9.17, 15) is 9.59 Å². The summed E-state index contributed by atoms with van der Waals surface area (Å²) in [7, 11) is 0. The van der Waals surface area contributed by atoms with Crippen LogP contribution in [0.5, 0.6) is 5.75 Å². The van der Waals surface area contributed by atoms with Gasteiger partial charge in [-0.3, -0.25) is 4.79 Å². The van der Waals surface area contributed by atoms with E-state index < -0.39 is 0 Å². The number of carbonyl (C=O) groups excluding carboxylic acids is 2. The van der Waals surface area contributed by atoms with Gasteiger partial charge in [0.15, 0.2) is 0 Å². The van der Waals surface area contributed by atoms with Gasteiger partial charge in [-0.25, -0.2) is 0 Å². The third kappa shape index (κ3) is 3.79. The van der Waals surface area contributed by atoms with Crippen LogP contribution < -0.4 is 4.74 Å². The normalized spacial score (nSPS) is 15.1. The van der Waals surface area contributed by atoms with Crippen LogP contribution in [-0.4, -0.2) is 50.0 Å². The molecule has 0 spiro atoms. The van der Waals surface area contributed by atoms with Crippen molar-refractivity contribution >= 4 is 12.2 Å². The molecule has 0 aromatic heterocycles. The van der Waals surface area contributed by atoms with E-state index in [2.05, 4.69) is 0 Å². The first kappa shape index (κ1) is 13.5. The van der Waals surface area contributed by atoms with Crippen LogP contribution >= 0.6 is 0 Å². The predicted molar refractivity (Wildman–Crippen MR) is 69.3 cm³/mol. The summed E-state index contributed by atoms with van der Waals surface area (Å²) in [6.07, 6.45) is 1.16. The van der Waals surface area contributed by atoms with Crippen LogP contribution in [0.3, 0.4) is 0 Å². The highest BCUT2D eigenvalue weighted by molar-refractivity contribution is 5.94. The number of morpholine rings is 1. The number of benzene rings is 1. The second-order valence-electron chi connectivity index (χ2n) is 4.24. The van der Waals surface area contributed by atoms with Crippen molar-refractivity contribution in [2.45, 2.75) is 6.42 Å². The molecule has 2 rings (SSSR count). The molecule has 1 aromatic carbocycles. The third-order valence-corrected chi connectivity index (χ3v) is 2.88. The molecule has 1 saturated heterocycles. The van der Waals surface area contributed by atoms with E-state index in [1.165, 1.54) is 0 Å². The number of aldehydes is 1. The second kappa shape index (κ2) is 6.89. The zero-order valence-corrected chi connectivity index (χ0v) is 10.7. The fourth-order valence-electron chi connectivity index (χ4n) is 1.89. The van der Waals surface area contributed by atoms with Gasteiger partial charge in [0.2, 0.25) is 0 Å². The summed E-state index contributed by atoms with van der Waals surface area (Å²) >= 11 is 0. The van der Waals surface area contributed by atoms with E-state index in [0.717, 1.165) is 6.29 Å². The van der Waals surface area contributed by atoms with E-state index in [1.54, 1.807) is 29.2 Å². The van der Waals surface area contributed by atoms with Crippen molar-refractivity contribution in [2.24, 2.45) is 0 Å². The van der Waals surface area contributed by atoms with Gasteiger partial charge < -0.3 is 19.2 Å². The van der Waals surface area contributed by atoms with Crippen LogP contribution in [0.4, 0.5) is 0 Å². The molecule has 1 aliphatic rings. The van der Waals surface area contributed by atoms with Gasteiger partial charge in [0.05, 0.1) is 19.8 Å². The van der Waals surface area contributed by atoms with E-state index in [0.29, 0.717) is 50.6 Å². The van der Waals surface area contributed by atoms with Crippen molar-refractivity contribution in [2.75, 3.05) is 32.9 Å². The lowest BCUT2D eigenvalue weighted by Gasteiger charge is -2.26. The number of carbonyl (C=O) groups is 2. The van der Waals surface area contributed by atoms with Gasteiger partial charge in [0.25, 0.3) is 5.91 Å². The molecule has 0 unspecified atom stereocenters. The average Bonchev–Trinajstić information content (AvgIpc) is 2.48. The third-order valence-electron chi connectivity index (χ3n) is 2.88. The fraction of sp³-hybridized carbons (Fsp3) is 0.429. The number of nitrogens with zero attached hydrogens (tertiary/aromatic N) is 1. The molecule has 102 valence electrons. The van der Waals surface area contributed by atoms with Crippen LogP contribution in [0.2, 0.25) is 0 Å². The van der Waals surface area contributed by atoms with E-state index >= 15 is 0 Å². The van der Waals surface area contributed by atoms with Crippen LogP contribution in [0, 0.1) is 0 Å². The lowest BCUT2D eigenvalue weighted by atomic mass is 10.2. The Morgan fingerprint density at radius 1 is 1.37 bits per heavy atom. The summed E-state index contributed by atoms with van der Waals surface area (Å²) in [5.74, 6) is 0.602. The molecule has 0 aliphatic carbocycles. The molecule has 0 bridgehead atoms. The minimum atomic E-state index is -0.0101. The molecule has 0 radical (unpaired) electrons. The number of hydrogen-bond donors (Lipinski definition) is 0. The second-order valence-corrected chi connectivity index (χ2v) is 4.24. The molecule has 1 amide bonds. The highest BCUT2D eigenvalue weighted by Crippen LogP contribution is 2.15. The summed E-state index contributed by atoms with van der Waals surface area (Å²) in [4.78, 5) is 24.2. The Bertz CT molecular complexity index is 441. The van der Waals surface area contributed by atoms with Gasteiger partial charge in [-0.15, -0.1) is 0 Å². The van der Waals surface area contributed by atoms with Crippen molar-refractivity contribution in [3.05, 3.63) is 29.8 Å². The van der Waals surface area contributed by atoms with Gasteiger partial charge in [-0.2, -0.15) is 0 Å². The van der Waals surface area contributed by atoms with Gasteiger partial charge in [-0.05, 0) is 18.2 Å². The van der Waals surface area contributed by atoms with Gasteiger partial charge >= 0.3 is 0 Å². The smallest absolute Gasteiger partial charge is 0.254 e. The summed E-state index contributed by atoms with van der Waals surface area (Å²) in [6, 6.07) is 7.04. The first-order chi connectivity index (χ1) is 9.31. The molecule has 1 heterocycles. The van der Waals surface area contributed by atoms with E-state index in [1.807, 2.05) is 0 Å². The number of amides is 1. The summed E-state index contributed by atoms with van der Waals surface area (Å²) in [5, 5.41) is 0. The number of rotatable bonds is 5. The van der Waals surface area contributed by atoms with Crippen LogP contribution in [0.25, 0.3) is 0 Å².